The lowest BCUT2D eigenvalue weighted by atomic mass is 10.0. The molecule has 188 valence electrons. The van der Waals surface area contributed by atoms with Crippen molar-refractivity contribution in [3.8, 4) is 11.1 Å². The van der Waals surface area contributed by atoms with Gasteiger partial charge in [0.25, 0.3) is 11.5 Å². The largest absolute Gasteiger partial charge is 0.323 e. The number of aliphatic imine (C=N–C) groups is 1. The molecule has 0 bridgehead atoms. The van der Waals surface area contributed by atoms with Crippen LogP contribution in [-0.2, 0) is 28.7 Å². The normalized spacial score (nSPS) is 14.4. The molecule has 2 heterocycles. The van der Waals surface area contributed by atoms with Crippen molar-refractivity contribution in [1.29, 1.82) is 0 Å². The van der Waals surface area contributed by atoms with Gasteiger partial charge in [-0.05, 0) is 36.6 Å². The van der Waals surface area contributed by atoms with E-state index in [0.29, 0.717) is 17.8 Å². The number of amides is 1. The minimum absolute atomic E-state index is 0.108. The minimum Gasteiger partial charge on any atom is -0.323 e. The number of hydrazone groups is 1. The lowest BCUT2D eigenvalue weighted by Crippen LogP contribution is -2.47. The number of aryl methyl sites for hydroxylation is 1. The van der Waals surface area contributed by atoms with E-state index in [1.54, 1.807) is 36.2 Å². The first-order chi connectivity index (χ1) is 17.3. The molecule has 2 unspecified atom stereocenters. The summed E-state index contributed by atoms with van der Waals surface area (Å²) in [6, 6.07) is 12.4. The maximum Gasteiger partial charge on any atom is 0.261 e. The highest BCUT2D eigenvalue weighted by atomic mass is 32.2. The Balaban J connectivity index is 1.71. The Kier molecular flexibility index (Phi) is 8.92. The molecule has 0 saturated carbocycles. The first kappa shape index (κ1) is 26.6. The molecule has 0 radical (unpaired) electrons. The third kappa shape index (κ3) is 6.34. The van der Waals surface area contributed by atoms with Crippen LogP contribution in [0.4, 0.5) is 0 Å². The van der Waals surface area contributed by atoms with Gasteiger partial charge in [-0.15, -0.1) is 0 Å². The number of carbonyl (C=O) groups excluding carboxylic acids is 1. The predicted molar refractivity (Wildman–Crippen MR) is 138 cm³/mol. The van der Waals surface area contributed by atoms with Crippen LogP contribution in [0, 0.1) is 0 Å². The Morgan fingerprint density at radius 2 is 2.00 bits per heavy atom. The fraction of sp³-hybridized carbons (Fsp3) is 0.250. The van der Waals surface area contributed by atoms with Crippen molar-refractivity contribution in [2.24, 2.45) is 15.9 Å². The molecule has 3 aromatic rings. The molecule has 36 heavy (non-hydrogen) atoms. The third-order valence-electron chi connectivity index (χ3n) is 5.81. The lowest BCUT2D eigenvalue weighted by Gasteiger charge is -2.24. The van der Waals surface area contributed by atoms with Crippen LogP contribution in [0.1, 0.15) is 24.6 Å². The van der Waals surface area contributed by atoms with Crippen LogP contribution in [0.2, 0.25) is 0 Å². The van der Waals surface area contributed by atoms with Crippen LogP contribution < -0.4 is 16.9 Å². The summed E-state index contributed by atoms with van der Waals surface area (Å²) in [6.45, 7) is 2.01. The van der Waals surface area contributed by atoms with Gasteiger partial charge >= 0.3 is 0 Å². The zero-order chi connectivity index (χ0) is 26.1. The van der Waals surface area contributed by atoms with Crippen LogP contribution >= 0.6 is 0 Å². The molecule has 0 fully saturated rings. The van der Waals surface area contributed by atoms with Crippen LogP contribution in [0.15, 0.2) is 76.1 Å². The van der Waals surface area contributed by atoms with Crippen LogP contribution in [0.3, 0.4) is 0 Å². The summed E-state index contributed by atoms with van der Waals surface area (Å²) in [5.41, 5.74) is 4.83. The number of pyridine rings is 1. The number of nitrogens with zero attached hydrogens (tertiary/aromatic N) is 5. The van der Waals surface area contributed by atoms with Crippen molar-refractivity contribution < 1.29 is 14.2 Å². The quantitative estimate of drug-likeness (QED) is 0.160. The number of carbonyl (C=O) groups is 1. The van der Waals surface area contributed by atoms with Gasteiger partial charge in [0.05, 0.1) is 12.2 Å². The number of hydrogen-bond acceptors (Lipinski definition) is 9. The topological polar surface area (TPSA) is 165 Å². The molecule has 2 aromatic heterocycles. The lowest BCUT2D eigenvalue weighted by molar-refractivity contribution is -0.131. The molecule has 0 spiro atoms. The van der Waals surface area contributed by atoms with Crippen molar-refractivity contribution in [3.05, 3.63) is 82.8 Å². The van der Waals surface area contributed by atoms with Gasteiger partial charge in [-0.25, -0.2) is 15.4 Å². The summed E-state index contributed by atoms with van der Waals surface area (Å²) >= 11 is 0. The SMILES string of the molecule is CS(=O)C(C)(CCn1ccc(-c2ccc(/C(C=NCc3ccncn3)=N/N)cc2)cc1=O)C(=O)NO. The maximum atomic E-state index is 12.7. The Morgan fingerprint density at radius 1 is 1.25 bits per heavy atom. The minimum atomic E-state index is -1.55. The Labute approximate surface area is 210 Å². The summed E-state index contributed by atoms with van der Waals surface area (Å²) in [4.78, 5) is 36.9. The molecule has 2 atom stereocenters. The number of nitrogens with one attached hydrogen (secondary N) is 1. The van der Waals surface area contributed by atoms with Gasteiger partial charge in [0.2, 0.25) is 0 Å². The third-order valence-corrected chi connectivity index (χ3v) is 7.46. The van der Waals surface area contributed by atoms with Crippen LogP contribution in [0.5, 0.6) is 0 Å². The highest BCUT2D eigenvalue weighted by Gasteiger charge is 2.37. The highest BCUT2D eigenvalue weighted by molar-refractivity contribution is 7.86. The second-order valence-electron chi connectivity index (χ2n) is 8.09. The van der Waals surface area contributed by atoms with Crippen molar-refractivity contribution in [3.63, 3.8) is 0 Å². The summed E-state index contributed by atoms with van der Waals surface area (Å²) in [7, 11) is -1.55. The molecular weight excluding hydrogens is 482 g/mol. The Bertz CT molecular complexity index is 1340. The van der Waals surface area contributed by atoms with E-state index in [9.17, 15) is 13.8 Å². The van der Waals surface area contributed by atoms with Crippen molar-refractivity contribution in [2.75, 3.05) is 6.26 Å². The van der Waals surface area contributed by atoms with E-state index >= 15 is 0 Å². The Morgan fingerprint density at radius 3 is 2.58 bits per heavy atom. The van der Waals surface area contributed by atoms with E-state index in [1.807, 2.05) is 24.3 Å². The molecule has 0 aliphatic rings. The second-order valence-corrected chi connectivity index (χ2v) is 9.89. The van der Waals surface area contributed by atoms with Crippen molar-refractivity contribution in [2.45, 2.75) is 31.2 Å². The molecule has 4 N–H and O–H groups in total. The molecule has 11 nitrogen and oxygen atoms in total. The number of hydrogen-bond donors (Lipinski definition) is 3. The molecule has 3 rings (SSSR count). The van der Waals surface area contributed by atoms with Gasteiger partial charge < -0.3 is 10.4 Å². The van der Waals surface area contributed by atoms with E-state index in [4.69, 9.17) is 11.0 Å². The summed E-state index contributed by atoms with van der Waals surface area (Å²) in [6.07, 6.45) is 7.79. The van der Waals surface area contributed by atoms with E-state index in [2.05, 4.69) is 20.1 Å². The standard InChI is InChI=1S/C24H27N7O4S/c1-24(36(2)35,23(33)30-34)9-12-31-11-8-19(13-22(31)32)17-3-5-18(6-4-17)21(29-25)15-27-14-20-7-10-26-16-28-20/h3-8,10-11,13,15-16,34H,9,12,14,25H2,1-2H3,(H,30,33)/b27-15?,29-21+. The zero-order valence-corrected chi connectivity index (χ0v) is 20.7. The molecule has 1 aromatic carbocycles. The van der Waals surface area contributed by atoms with E-state index in [-0.39, 0.29) is 18.5 Å². The average molecular weight is 510 g/mol. The van der Waals surface area contributed by atoms with Crippen molar-refractivity contribution >= 4 is 28.6 Å². The summed E-state index contributed by atoms with van der Waals surface area (Å²) < 4.78 is 12.2. The van der Waals surface area contributed by atoms with Gasteiger partial charge in [-0.3, -0.25) is 24.0 Å². The molecule has 1 amide bonds. The molecule has 0 saturated heterocycles. The molecule has 0 aliphatic carbocycles. The number of benzene rings is 1. The van der Waals surface area contributed by atoms with E-state index in [0.717, 1.165) is 16.8 Å². The summed E-state index contributed by atoms with van der Waals surface area (Å²) in [5.74, 6) is 4.79. The number of nitrogens with two attached hydrogens (primary N) is 1. The van der Waals surface area contributed by atoms with Gasteiger partial charge in [-0.2, -0.15) is 5.10 Å². The second kappa shape index (κ2) is 12.1. The number of aromatic nitrogens is 3. The zero-order valence-electron chi connectivity index (χ0n) is 19.9. The number of hydroxylamine groups is 1. The maximum absolute atomic E-state index is 12.7. The van der Waals surface area contributed by atoms with Gasteiger partial charge in [-0.1, -0.05) is 24.3 Å². The molecule has 0 aliphatic heterocycles. The molecular formula is C24H27N7O4S. The van der Waals surface area contributed by atoms with Crippen LogP contribution in [0.25, 0.3) is 11.1 Å². The first-order valence-electron chi connectivity index (χ1n) is 10.9. The fourth-order valence-electron chi connectivity index (χ4n) is 3.37. The monoisotopic (exact) mass is 509 g/mol. The van der Waals surface area contributed by atoms with Gasteiger partial charge in [0, 0.05) is 53.8 Å². The van der Waals surface area contributed by atoms with Gasteiger partial charge in [0.1, 0.15) is 16.8 Å². The Hall–Kier alpha value is -4.03. The molecule has 12 heteroatoms. The highest BCUT2D eigenvalue weighted by Crippen LogP contribution is 2.21. The van der Waals surface area contributed by atoms with Crippen molar-refractivity contribution in [1.82, 2.24) is 20.0 Å². The van der Waals surface area contributed by atoms with E-state index in [1.165, 1.54) is 30.1 Å². The van der Waals surface area contributed by atoms with E-state index < -0.39 is 21.5 Å². The number of rotatable bonds is 10. The average Bonchev–Trinajstić information content (AvgIpc) is 2.90. The fourth-order valence-corrected chi connectivity index (χ4v) is 4.05. The summed E-state index contributed by atoms with van der Waals surface area (Å²) in [5, 5.41) is 12.8. The van der Waals surface area contributed by atoms with Crippen LogP contribution in [-0.4, -0.2) is 52.8 Å². The van der Waals surface area contributed by atoms with Gasteiger partial charge in [0.15, 0.2) is 0 Å². The predicted octanol–water partition coefficient (Wildman–Crippen LogP) is 1.27. The smallest absolute Gasteiger partial charge is 0.261 e. The first-order valence-corrected chi connectivity index (χ1v) is 12.5.